The van der Waals surface area contributed by atoms with Gasteiger partial charge >= 0.3 is 12.1 Å². The number of alkyl halides is 3. The van der Waals surface area contributed by atoms with E-state index >= 15 is 0 Å². The first-order valence-electron chi connectivity index (χ1n) is 11.4. The Morgan fingerprint density at radius 2 is 1.62 bits per heavy atom. The molecule has 0 atom stereocenters. The Morgan fingerprint density at radius 1 is 0.919 bits per heavy atom. The molecular formula is C27H28F3NO5S. The minimum Gasteiger partial charge on any atom is -0.496 e. The van der Waals surface area contributed by atoms with Gasteiger partial charge in [0.15, 0.2) is 0 Å². The van der Waals surface area contributed by atoms with Gasteiger partial charge < -0.3 is 9.47 Å². The van der Waals surface area contributed by atoms with Crippen LogP contribution in [-0.4, -0.2) is 45.7 Å². The molecule has 0 amide bonds. The zero-order chi connectivity index (χ0) is 27.2. The molecule has 3 aromatic carbocycles. The largest absolute Gasteiger partial charge is 0.496 e. The lowest BCUT2D eigenvalue weighted by atomic mass is 9.94. The highest BCUT2D eigenvalue weighted by Gasteiger charge is 2.32. The van der Waals surface area contributed by atoms with Crippen molar-refractivity contribution in [1.82, 2.24) is 4.31 Å². The van der Waals surface area contributed by atoms with Crippen LogP contribution in [0.15, 0.2) is 66.7 Å². The molecule has 0 aliphatic carbocycles. The maximum Gasteiger partial charge on any atom is 0.416 e. The summed E-state index contributed by atoms with van der Waals surface area (Å²) in [5.41, 5.74) is 1.53. The van der Waals surface area contributed by atoms with Gasteiger partial charge in [0.25, 0.3) is 0 Å². The Morgan fingerprint density at radius 3 is 2.22 bits per heavy atom. The highest BCUT2D eigenvalue weighted by atomic mass is 32.2. The molecule has 0 aromatic heterocycles. The highest BCUT2D eigenvalue weighted by molar-refractivity contribution is 7.88. The fourth-order valence-corrected chi connectivity index (χ4v) is 4.73. The maximum absolute atomic E-state index is 13.6. The molecule has 37 heavy (non-hydrogen) atoms. The van der Waals surface area contributed by atoms with Crippen LogP contribution in [-0.2, 0) is 45.1 Å². The SMILES string of the molecule is COC(=O)Cc1ccc(OC)c(-c2ccc(C(F)(F)F)cc2CN(CCc2ccccc2)S(C)(=O)=O)c1. The van der Waals surface area contributed by atoms with Crippen molar-refractivity contribution in [3.8, 4) is 16.9 Å². The van der Waals surface area contributed by atoms with Gasteiger partial charge in [0.05, 0.1) is 32.5 Å². The van der Waals surface area contributed by atoms with Gasteiger partial charge in [0.1, 0.15) is 5.75 Å². The van der Waals surface area contributed by atoms with Crippen LogP contribution in [0.1, 0.15) is 22.3 Å². The van der Waals surface area contributed by atoms with Gasteiger partial charge in [-0.1, -0.05) is 42.5 Å². The second-order valence-corrected chi connectivity index (χ2v) is 10.5. The quantitative estimate of drug-likeness (QED) is 0.338. The molecule has 198 valence electrons. The van der Waals surface area contributed by atoms with Gasteiger partial charge in [-0.2, -0.15) is 17.5 Å². The van der Waals surface area contributed by atoms with Gasteiger partial charge in [0, 0.05) is 18.7 Å². The standard InChI is InChI=1S/C27H28F3NO5S/c1-35-25-12-9-20(16-26(32)36-2)15-24(25)23-11-10-22(27(28,29)30)17-21(23)18-31(37(3,33)34)14-13-19-7-5-4-6-8-19/h4-12,15,17H,13-14,16,18H2,1-3H3. The number of sulfonamides is 1. The van der Waals surface area contributed by atoms with Gasteiger partial charge in [-0.3, -0.25) is 4.79 Å². The minimum absolute atomic E-state index is 0.0456. The molecule has 0 radical (unpaired) electrons. The molecule has 0 N–H and O–H groups in total. The average Bonchev–Trinajstić information content (AvgIpc) is 2.85. The van der Waals surface area contributed by atoms with Gasteiger partial charge in [0.2, 0.25) is 10.0 Å². The van der Waals surface area contributed by atoms with E-state index in [1.165, 1.54) is 20.3 Å². The Bertz CT molecular complexity index is 1340. The van der Waals surface area contributed by atoms with E-state index in [1.54, 1.807) is 18.2 Å². The topological polar surface area (TPSA) is 72.9 Å². The van der Waals surface area contributed by atoms with Crippen molar-refractivity contribution >= 4 is 16.0 Å². The molecule has 3 rings (SSSR count). The second kappa shape index (κ2) is 11.8. The van der Waals surface area contributed by atoms with E-state index in [-0.39, 0.29) is 25.1 Å². The van der Waals surface area contributed by atoms with Crippen molar-refractivity contribution in [3.05, 3.63) is 89.0 Å². The molecule has 6 nitrogen and oxygen atoms in total. The van der Waals surface area contributed by atoms with Crippen LogP contribution in [0.25, 0.3) is 11.1 Å². The van der Waals surface area contributed by atoms with Crippen molar-refractivity contribution in [1.29, 1.82) is 0 Å². The number of rotatable bonds is 10. The monoisotopic (exact) mass is 535 g/mol. The third-order valence-corrected chi connectivity index (χ3v) is 7.12. The zero-order valence-electron chi connectivity index (χ0n) is 20.7. The van der Waals surface area contributed by atoms with Crippen molar-refractivity contribution in [2.24, 2.45) is 0 Å². The summed E-state index contributed by atoms with van der Waals surface area (Å²) >= 11 is 0. The zero-order valence-corrected chi connectivity index (χ0v) is 21.5. The van der Waals surface area contributed by atoms with Crippen LogP contribution in [0.3, 0.4) is 0 Å². The molecule has 0 unspecified atom stereocenters. The highest BCUT2D eigenvalue weighted by Crippen LogP contribution is 2.38. The summed E-state index contributed by atoms with van der Waals surface area (Å²) in [5.74, 6) is -0.113. The summed E-state index contributed by atoms with van der Waals surface area (Å²) < 4.78 is 77.5. The molecular weight excluding hydrogens is 507 g/mol. The molecule has 0 saturated carbocycles. The molecule has 3 aromatic rings. The van der Waals surface area contributed by atoms with Crippen LogP contribution in [0.5, 0.6) is 5.75 Å². The van der Waals surface area contributed by atoms with Crippen molar-refractivity contribution in [2.45, 2.75) is 25.6 Å². The lowest BCUT2D eigenvalue weighted by molar-refractivity contribution is -0.140. The van der Waals surface area contributed by atoms with Crippen LogP contribution < -0.4 is 4.74 Å². The lowest BCUT2D eigenvalue weighted by Crippen LogP contribution is -2.32. The molecule has 0 spiro atoms. The third kappa shape index (κ3) is 7.56. The van der Waals surface area contributed by atoms with Crippen molar-refractivity contribution < 1.29 is 35.9 Å². The Labute approximate surface area is 214 Å². The predicted octanol–water partition coefficient (Wildman–Crippen LogP) is 5.10. The minimum atomic E-state index is -4.62. The Hall–Kier alpha value is -3.37. The molecule has 0 aliphatic rings. The average molecular weight is 536 g/mol. The van der Waals surface area contributed by atoms with E-state index in [2.05, 4.69) is 0 Å². The molecule has 0 fully saturated rings. The number of esters is 1. The fourth-order valence-electron chi connectivity index (χ4n) is 3.93. The number of hydrogen-bond acceptors (Lipinski definition) is 5. The van der Waals surface area contributed by atoms with Gasteiger partial charge in [-0.25, -0.2) is 8.42 Å². The normalized spacial score (nSPS) is 12.0. The van der Waals surface area contributed by atoms with Gasteiger partial charge in [-0.05, 0) is 52.9 Å². The third-order valence-electron chi connectivity index (χ3n) is 5.87. The summed E-state index contributed by atoms with van der Waals surface area (Å²) in [6, 6.07) is 17.3. The smallest absolute Gasteiger partial charge is 0.416 e. The van der Waals surface area contributed by atoms with Gasteiger partial charge in [-0.15, -0.1) is 0 Å². The molecule has 0 heterocycles. The van der Waals surface area contributed by atoms with E-state index in [0.717, 1.165) is 28.3 Å². The number of carbonyl (C=O) groups is 1. The number of hydrogen-bond donors (Lipinski definition) is 0. The maximum atomic E-state index is 13.6. The lowest BCUT2D eigenvalue weighted by Gasteiger charge is -2.23. The van der Waals surface area contributed by atoms with Crippen LogP contribution in [0.4, 0.5) is 13.2 Å². The predicted molar refractivity (Wildman–Crippen MR) is 135 cm³/mol. The number of benzene rings is 3. The van der Waals surface area contributed by atoms with Crippen LogP contribution >= 0.6 is 0 Å². The summed E-state index contributed by atoms with van der Waals surface area (Å²) in [6.07, 6.45) is -3.25. The second-order valence-electron chi connectivity index (χ2n) is 8.49. The summed E-state index contributed by atoms with van der Waals surface area (Å²) in [4.78, 5) is 11.8. The van der Waals surface area contributed by atoms with E-state index in [1.807, 2.05) is 30.3 Å². The Kier molecular flexibility index (Phi) is 8.98. The fraction of sp³-hybridized carbons (Fsp3) is 0.296. The summed E-state index contributed by atoms with van der Waals surface area (Å²) in [7, 11) is -1.08. The first-order chi connectivity index (χ1) is 17.4. The van der Waals surface area contributed by atoms with Crippen molar-refractivity contribution in [2.75, 3.05) is 27.0 Å². The molecule has 10 heteroatoms. The summed E-state index contributed by atoms with van der Waals surface area (Å²) in [6.45, 7) is -0.201. The number of methoxy groups -OCH3 is 2. The Balaban J connectivity index is 2.09. The molecule has 0 bridgehead atoms. The van der Waals surface area contributed by atoms with E-state index < -0.39 is 27.7 Å². The summed E-state index contributed by atoms with van der Waals surface area (Å²) in [5, 5.41) is 0. The van der Waals surface area contributed by atoms with Crippen LogP contribution in [0.2, 0.25) is 0 Å². The molecule has 0 aliphatic heterocycles. The number of carbonyl (C=O) groups excluding carboxylic acids is 1. The molecule has 0 saturated heterocycles. The number of halogens is 3. The first-order valence-corrected chi connectivity index (χ1v) is 13.2. The van der Waals surface area contributed by atoms with E-state index in [9.17, 15) is 26.4 Å². The number of ether oxygens (including phenoxy) is 2. The number of nitrogens with zero attached hydrogens (tertiary/aromatic N) is 1. The van der Waals surface area contributed by atoms with Crippen LogP contribution in [0, 0.1) is 0 Å². The van der Waals surface area contributed by atoms with Crippen molar-refractivity contribution in [3.63, 3.8) is 0 Å². The van der Waals surface area contributed by atoms with E-state index in [4.69, 9.17) is 9.47 Å². The van der Waals surface area contributed by atoms with E-state index in [0.29, 0.717) is 28.9 Å². The first kappa shape index (κ1) is 28.2.